The van der Waals surface area contributed by atoms with E-state index in [0.29, 0.717) is 10.2 Å². The summed E-state index contributed by atoms with van der Waals surface area (Å²) >= 11 is 3.22. The fourth-order valence-corrected chi connectivity index (χ4v) is 2.61. The minimum atomic E-state index is -0.413. The maximum atomic E-state index is 11.0. The second-order valence-corrected chi connectivity index (χ2v) is 5.25. The number of anilines is 1. The summed E-state index contributed by atoms with van der Waals surface area (Å²) in [5, 5.41) is 23.1. The van der Waals surface area contributed by atoms with E-state index < -0.39 is 4.92 Å². The molecular weight excluding hydrogens is 298 g/mol. The molecule has 0 bridgehead atoms. The third-order valence-corrected chi connectivity index (χ3v) is 3.67. The lowest BCUT2D eigenvalue weighted by molar-refractivity contribution is -0.384. The Morgan fingerprint density at radius 2 is 2.28 bits per heavy atom. The molecule has 0 aromatic heterocycles. The summed E-state index contributed by atoms with van der Waals surface area (Å²) in [4.78, 5) is 10.6. The number of rotatable bonds is 3. The molecule has 2 rings (SSSR count). The number of halogens is 1. The summed E-state index contributed by atoms with van der Waals surface area (Å²) in [5.41, 5.74) is 0.517. The van der Waals surface area contributed by atoms with Crippen LogP contribution in [0.4, 0.5) is 11.4 Å². The SMILES string of the molecule is N#C[C@H]1CCC[C@H]1Nc1ccc(Br)cc1[N+](=O)[O-]. The highest BCUT2D eigenvalue weighted by molar-refractivity contribution is 9.10. The van der Waals surface area contributed by atoms with Crippen LogP contribution >= 0.6 is 15.9 Å². The van der Waals surface area contributed by atoms with Crippen LogP contribution < -0.4 is 5.32 Å². The molecule has 0 unspecified atom stereocenters. The standard InChI is InChI=1S/C12H12BrN3O2/c13-9-4-5-11(12(6-9)16(17)18)15-10-3-1-2-8(10)7-14/h4-6,8,10,15H,1-3H2/t8-,10-/m1/s1. The van der Waals surface area contributed by atoms with Gasteiger partial charge in [-0.25, -0.2) is 0 Å². The van der Waals surface area contributed by atoms with Crippen molar-refractivity contribution < 1.29 is 4.92 Å². The Morgan fingerprint density at radius 3 is 2.94 bits per heavy atom. The highest BCUT2D eigenvalue weighted by atomic mass is 79.9. The van der Waals surface area contributed by atoms with Gasteiger partial charge in [-0.15, -0.1) is 0 Å². The Bertz CT molecular complexity index is 513. The van der Waals surface area contributed by atoms with Crippen molar-refractivity contribution >= 4 is 27.3 Å². The van der Waals surface area contributed by atoms with Crippen molar-refractivity contribution in [2.45, 2.75) is 25.3 Å². The highest BCUT2D eigenvalue weighted by Crippen LogP contribution is 2.33. The number of benzene rings is 1. The zero-order valence-corrected chi connectivity index (χ0v) is 11.2. The average molecular weight is 310 g/mol. The van der Waals surface area contributed by atoms with Gasteiger partial charge in [0.15, 0.2) is 0 Å². The van der Waals surface area contributed by atoms with Crippen molar-refractivity contribution in [1.29, 1.82) is 5.26 Å². The first kappa shape index (κ1) is 12.8. The van der Waals surface area contributed by atoms with Gasteiger partial charge in [0.25, 0.3) is 5.69 Å². The molecular formula is C12H12BrN3O2. The van der Waals surface area contributed by atoms with Crippen molar-refractivity contribution in [3.05, 3.63) is 32.8 Å². The molecule has 1 aliphatic carbocycles. The minimum absolute atomic E-state index is 0.00914. The van der Waals surface area contributed by atoms with Crippen LogP contribution in [0.5, 0.6) is 0 Å². The second-order valence-electron chi connectivity index (χ2n) is 4.34. The fraction of sp³-hybridized carbons (Fsp3) is 0.417. The normalized spacial score (nSPS) is 22.4. The van der Waals surface area contributed by atoms with Crippen LogP contribution in [0.2, 0.25) is 0 Å². The molecule has 94 valence electrons. The quantitative estimate of drug-likeness (QED) is 0.685. The number of hydrogen-bond donors (Lipinski definition) is 1. The van der Waals surface area contributed by atoms with Gasteiger partial charge in [0.1, 0.15) is 5.69 Å². The second kappa shape index (κ2) is 5.36. The Hall–Kier alpha value is -1.61. The summed E-state index contributed by atoms with van der Waals surface area (Å²) in [6.45, 7) is 0. The third-order valence-electron chi connectivity index (χ3n) is 3.18. The van der Waals surface area contributed by atoms with Crippen molar-refractivity contribution in [1.82, 2.24) is 0 Å². The monoisotopic (exact) mass is 309 g/mol. The Morgan fingerprint density at radius 1 is 1.50 bits per heavy atom. The molecule has 1 saturated carbocycles. The van der Waals surface area contributed by atoms with Crippen LogP contribution in [0.3, 0.4) is 0 Å². The van der Waals surface area contributed by atoms with Crippen molar-refractivity contribution in [2.24, 2.45) is 5.92 Å². The van der Waals surface area contributed by atoms with E-state index in [1.54, 1.807) is 12.1 Å². The number of nitrogens with one attached hydrogen (secondary N) is 1. The number of hydrogen-bond acceptors (Lipinski definition) is 4. The van der Waals surface area contributed by atoms with Crippen LogP contribution in [0.25, 0.3) is 0 Å². The lowest BCUT2D eigenvalue weighted by Crippen LogP contribution is -2.23. The molecule has 0 aliphatic heterocycles. The van der Waals surface area contributed by atoms with Crippen molar-refractivity contribution in [3.8, 4) is 6.07 Å². The average Bonchev–Trinajstić information content (AvgIpc) is 2.78. The van der Waals surface area contributed by atoms with E-state index in [0.717, 1.165) is 19.3 Å². The molecule has 0 saturated heterocycles. The molecule has 18 heavy (non-hydrogen) atoms. The molecule has 1 aromatic carbocycles. The smallest absolute Gasteiger partial charge is 0.293 e. The van der Waals surface area contributed by atoms with Gasteiger partial charge in [-0.3, -0.25) is 10.1 Å². The molecule has 6 heteroatoms. The summed E-state index contributed by atoms with van der Waals surface area (Å²) < 4.78 is 0.669. The van der Waals surface area contributed by atoms with Crippen LogP contribution in [0.15, 0.2) is 22.7 Å². The first-order valence-electron chi connectivity index (χ1n) is 5.72. The predicted octanol–water partition coefficient (Wildman–Crippen LogP) is 3.46. The van der Waals surface area contributed by atoms with Gasteiger partial charge in [-0.1, -0.05) is 15.9 Å². The lowest BCUT2D eigenvalue weighted by atomic mass is 10.1. The van der Waals surface area contributed by atoms with E-state index in [1.807, 2.05) is 0 Å². The van der Waals surface area contributed by atoms with E-state index in [1.165, 1.54) is 6.07 Å². The molecule has 1 aromatic rings. The zero-order valence-electron chi connectivity index (χ0n) is 9.60. The van der Waals surface area contributed by atoms with Gasteiger partial charge >= 0.3 is 0 Å². The minimum Gasteiger partial charge on any atom is -0.375 e. The third kappa shape index (κ3) is 2.62. The molecule has 0 spiro atoms. The number of nitro benzene ring substituents is 1. The Balaban J connectivity index is 2.24. The number of nitrogens with zero attached hydrogens (tertiary/aromatic N) is 2. The van der Waals surface area contributed by atoms with Crippen LogP contribution in [0, 0.1) is 27.4 Å². The van der Waals surface area contributed by atoms with E-state index in [4.69, 9.17) is 5.26 Å². The fourth-order valence-electron chi connectivity index (χ4n) is 2.26. The molecule has 5 nitrogen and oxygen atoms in total. The van der Waals surface area contributed by atoms with Gasteiger partial charge in [0, 0.05) is 16.6 Å². The van der Waals surface area contributed by atoms with Crippen molar-refractivity contribution in [2.75, 3.05) is 5.32 Å². The topological polar surface area (TPSA) is 79.0 Å². The molecule has 0 heterocycles. The van der Waals surface area contributed by atoms with Crippen LogP contribution in [-0.2, 0) is 0 Å². The van der Waals surface area contributed by atoms with Crippen LogP contribution in [0.1, 0.15) is 19.3 Å². The number of nitro groups is 1. The first-order valence-corrected chi connectivity index (χ1v) is 6.51. The van der Waals surface area contributed by atoms with Gasteiger partial charge in [0.05, 0.1) is 16.9 Å². The van der Waals surface area contributed by atoms with Crippen molar-refractivity contribution in [3.63, 3.8) is 0 Å². The summed E-state index contributed by atoms with van der Waals surface area (Å²) in [6.07, 6.45) is 2.73. The predicted molar refractivity (Wildman–Crippen MR) is 71.2 cm³/mol. The van der Waals surface area contributed by atoms with Gasteiger partial charge in [-0.05, 0) is 31.4 Å². The maximum absolute atomic E-state index is 11.0. The van der Waals surface area contributed by atoms with Gasteiger partial charge in [-0.2, -0.15) is 5.26 Å². The Labute approximate surface area is 113 Å². The van der Waals surface area contributed by atoms with E-state index >= 15 is 0 Å². The van der Waals surface area contributed by atoms with E-state index in [9.17, 15) is 10.1 Å². The molecule has 1 aliphatic rings. The molecule has 0 amide bonds. The Kier molecular flexibility index (Phi) is 3.82. The largest absolute Gasteiger partial charge is 0.375 e. The molecule has 1 fully saturated rings. The summed E-state index contributed by atoms with van der Waals surface area (Å²) in [5.74, 6) is -0.0618. The first-order chi connectivity index (χ1) is 8.61. The van der Waals surface area contributed by atoms with Crippen LogP contribution in [-0.4, -0.2) is 11.0 Å². The summed E-state index contributed by atoms with van der Waals surface area (Å²) in [7, 11) is 0. The lowest BCUT2D eigenvalue weighted by Gasteiger charge is -2.16. The summed E-state index contributed by atoms with van der Waals surface area (Å²) in [6, 6.07) is 7.16. The molecule has 2 atom stereocenters. The zero-order chi connectivity index (χ0) is 13.1. The molecule has 1 N–H and O–H groups in total. The highest BCUT2D eigenvalue weighted by Gasteiger charge is 2.28. The maximum Gasteiger partial charge on any atom is 0.293 e. The molecule has 0 radical (unpaired) electrons. The number of nitriles is 1. The van der Waals surface area contributed by atoms with Gasteiger partial charge < -0.3 is 5.32 Å². The van der Waals surface area contributed by atoms with Gasteiger partial charge in [0.2, 0.25) is 0 Å². The van der Waals surface area contributed by atoms with E-state index in [2.05, 4.69) is 27.3 Å². The van der Waals surface area contributed by atoms with E-state index in [-0.39, 0.29) is 17.6 Å².